The van der Waals surface area contributed by atoms with Crippen LogP contribution < -0.4 is 5.32 Å². The van der Waals surface area contributed by atoms with Crippen molar-refractivity contribution in [2.24, 2.45) is 11.8 Å². The van der Waals surface area contributed by atoms with Gasteiger partial charge in [0.05, 0.1) is 17.5 Å². The molecule has 0 saturated heterocycles. The Morgan fingerprint density at radius 3 is 2.50 bits per heavy atom. The number of carbonyl (C=O) groups excluding carboxylic acids is 1. The van der Waals surface area contributed by atoms with E-state index in [2.05, 4.69) is 21.2 Å². The van der Waals surface area contributed by atoms with Crippen LogP contribution in [0.3, 0.4) is 0 Å². The van der Waals surface area contributed by atoms with Crippen molar-refractivity contribution in [2.45, 2.75) is 6.42 Å². The maximum atomic E-state index is 13.4. The van der Waals surface area contributed by atoms with Crippen LogP contribution in [0.4, 0.5) is 14.5 Å². The number of rotatable bonds is 3. The third-order valence-corrected chi connectivity index (χ3v) is 3.32. The molecular weight excluding hydrogens is 312 g/mol. The zero-order chi connectivity index (χ0) is 13.4. The van der Waals surface area contributed by atoms with Crippen LogP contribution >= 0.6 is 15.9 Å². The lowest BCUT2D eigenvalue weighted by atomic mass is 10.2. The van der Waals surface area contributed by atoms with Gasteiger partial charge in [-0.1, -0.05) is 0 Å². The molecule has 1 amide bonds. The summed E-state index contributed by atoms with van der Waals surface area (Å²) in [6.45, 7) is 0. The molecule has 0 aliphatic heterocycles. The molecule has 18 heavy (non-hydrogen) atoms. The highest BCUT2D eigenvalue weighted by molar-refractivity contribution is 9.10. The molecule has 1 aromatic carbocycles. The van der Waals surface area contributed by atoms with Crippen molar-refractivity contribution in [3.8, 4) is 0 Å². The number of halogens is 3. The zero-order valence-corrected chi connectivity index (χ0v) is 10.5. The number of nitrogens with one attached hydrogen (secondary N) is 1. The maximum Gasteiger partial charge on any atom is 0.307 e. The van der Waals surface area contributed by atoms with Crippen molar-refractivity contribution < 1.29 is 23.5 Å². The fraction of sp³-hybridized carbons (Fsp3) is 0.273. The predicted octanol–water partition coefficient (Wildman–Crippen LogP) is 2.39. The van der Waals surface area contributed by atoms with Gasteiger partial charge in [0.2, 0.25) is 5.91 Å². The molecular formula is C11H8BrF2NO3. The van der Waals surface area contributed by atoms with Crippen LogP contribution in [-0.2, 0) is 9.59 Å². The van der Waals surface area contributed by atoms with Gasteiger partial charge in [0, 0.05) is 10.5 Å². The summed E-state index contributed by atoms with van der Waals surface area (Å²) in [5.41, 5.74) is -0.183. The van der Waals surface area contributed by atoms with Gasteiger partial charge < -0.3 is 10.4 Å². The van der Waals surface area contributed by atoms with E-state index in [9.17, 15) is 18.4 Å². The molecule has 1 aliphatic carbocycles. The Morgan fingerprint density at radius 2 is 2.00 bits per heavy atom. The summed E-state index contributed by atoms with van der Waals surface area (Å²) in [4.78, 5) is 22.2. The van der Waals surface area contributed by atoms with Crippen LogP contribution in [0.15, 0.2) is 16.6 Å². The minimum Gasteiger partial charge on any atom is -0.481 e. The number of aliphatic carboxylic acids is 1. The maximum absolute atomic E-state index is 13.4. The van der Waals surface area contributed by atoms with Crippen LogP contribution in [0.5, 0.6) is 0 Å². The summed E-state index contributed by atoms with van der Waals surface area (Å²) in [5, 5.41) is 10.9. The van der Waals surface area contributed by atoms with Crippen molar-refractivity contribution >= 4 is 33.5 Å². The van der Waals surface area contributed by atoms with Crippen LogP contribution in [0.2, 0.25) is 0 Å². The topological polar surface area (TPSA) is 66.4 Å². The quantitative estimate of drug-likeness (QED) is 0.899. The molecule has 7 heteroatoms. The summed E-state index contributed by atoms with van der Waals surface area (Å²) in [5.74, 6) is -4.68. The van der Waals surface area contributed by atoms with E-state index in [1.165, 1.54) is 0 Å². The molecule has 4 nitrogen and oxygen atoms in total. The molecule has 0 heterocycles. The molecule has 0 bridgehead atoms. The highest BCUT2D eigenvalue weighted by Gasteiger charge is 2.48. The number of carboxylic acids is 1. The van der Waals surface area contributed by atoms with Crippen LogP contribution in [0.1, 0.15) is 6.42 Å². The first-order chi connectivity index (χ1) is 8.40. The van der Waals surface area contributed by atoms with Crippen molar-refractivity contribution in [2.75, 3.05) is 5.32 Å². The summed E-state index contributed by atoms with van der Waals surface area (Å²) >= 11 is 2.93. The summed E-state index contributed by atoms with van der Waals surface area (Å²) in [6, 6.07) is 1.65. The number of carbonyl (C=O) groups is 2. The molecule has 1 aliphatic rings. The van der Waals surface area contributed by atoms with E-state index in [0.717, 1.165) is 6.07 Å². The highest BCUT2D eigenvalue weighted by Crippen LogP contribution is 2.40. The van der Waals surface area contributed by atoms with Crippen LogP contribution in [0.25, 0.3) is 0 Å². The minimum absolute atomic E-state index is 0.0703. The van der Waals surface area contributed by atoms with Crippen molar-refractivity contribution in [1.29, 1.82) is 0 Å². The number of hydrogen-bond donors (Lipinski definition) is 2. The highest BCUT2D eigenvalue weighted by atomic mass is 79.9. The molecule has 1 saturated carbocycles. The van der Waals surface area contributed by atoms with Gasteiger partial charge in [0.1, 0.15) is 5.82 Å². The zero-order valence-electron chi connectivity index (χ0n) is 8.91. The third-order valence-electron chi connectivity index (χ3n) is 2.70. The molecule has 2 atom stereocenters. The Balaban J connectivity index is 2.11. The number of hydrogen-bond acceptors (Lipinski definition) is 2. The van der Waals surface area contributed by atoms with Gasteiger partial charge in [-0.2, -0.15) is 0 Å². The van der Waals surface area contributed by atoms with Gasteiger partial charge in [-0.15, -0.1) is 0 Å². The number of benzene rings is 1. The largest absolute Gasteiger partial charge is 0.481 e. The Labute approximate surface area is 109 Å². The molecule has 1 fully saturated rings. The Morgan fingerprint density at radius 1 is 1.33 bits per heavy atom. The van der Waals surface area contributed by atoms with Crippen molar-refractivity contribution in [1.82, 2.24) is 0 Å². The van der Waals surface area contributed by atoms with Crippen LogP contribution in [0, 0.1) is 23.5 Å². The second kappa shape index (κ2) is 4.64. The Kier molecular flexibility index (Phi) is 3.34. The number of amides is 1. The lowest BCUT2D eigenvalue weighted by Crippen LogP contribution is -2.18. The Bertz CT molecular complexity index is 512. The van der Waals surface area contributed by atoms with Gasteiger partial charge >= 0.3 is 5.97 Å². The average Bonchev–Trinajstić information content (AvgIpc) is 3.02. The van der Waals surface area contributed by atoms with Gasteiger partial charge in [0.25, 0.3) is 0 Å². The third kappa shape index (κ3) is 2.50. The van der Waals surface area contributed by atoms with E-state index in [1.54, 1.807) is 0 Å². The minimum atomic E-state index is -1.05. The van der Waals surface area contributed by atoms with Gasteiger partial charge in [-0.05, 0) is 28.4 Å². The van der Waals surface area contributed by atoms with Crippen LogP contribution in [-0.4, -0.2) is 17.0 Å². The summed E-state index contributed by atoms with van der Waals surface area (Å²) in [7, 11) is 0. The fourth-order valence-electron chi connectivity index (χ4n) is 1.64. The Hall–Kier alpha value is -1.50. The van der Waals surface area contributed by atoms with E-state index in [4.69, 9.17) is 5.11 Å². The molecule has 96 valence electrons. The van der Waals surface area contributed by atoms with E-state index >= 15 is 0 Å². The predicted molar refractivity (Wildman–Crippen MR) is 61.9 cm³/mol. The summed E-state index contributed by atoms with van der Waals surface area (Å²) in [6.07, 6.45) is 0.238. The molecule has 0 spiro atoms. The number of carboxylic acid groups (broad SMARTS) is 1. The monoisotopic (exact) mass is 319 g/mol. The smallest absolute Gasteiger partial charge is 0.307 e. The number of anilines is 1. The molecule has 2 unspecified atom stereocenters. The first-order valence-corrected chi connectivity index (χ1v) is 5.87. The molecule has 2 rings (SSSR count). The molecule has 1 aromatic rings. The van der Waals surface area contributed by atoms with Gasteiger partial charge in [0.15, 0.2) is 5.82 Å². The van der Waals surface area contributed by atoms with Gasteiger partial charge in [-0.25, -0.2) is 8.78 Å². The lowest BCUT2D eigenvalue weighted by Gasteiger charge is -2.08. The first kappa shape index (κ1) is 12.9. The van der Waals surface area contributed by atoms with Crippen molar-refractivity contribution in [3.63, 3.8) is 0 Å². The second-order valence-electron chi connectivity index (χ2n) is 4.02. The SMILES string of the molecule is O=C(O)C1CC1C(=O)Nc1c(F)cc(F)cc1Br. The standard InChI is InChI=1S/C11H8BrF2NO3/c12-7-1-4(13)2-8(14)9(7)15-10(16)5-3-6(5)11(17)18/h1-2,5-6H,3H2,(H,15,16)(H,17,18). The fourth-order valence-corrected chi connectivity index (χ4v) is 2.14. The van der Waals surface area contributed by atoms with E-state index in [1.807, 2.05) is 0 Å². The first-order valence-electron chi connectivity index (χ1n) is 5.08. The van der Waals surface area contributed by atoms with E-state index in [-0.39, 0.29) is 16.6 Å². The van der Waals surface area contributed by atoms with E-state index < -0.39 is 35.3 Å². The summed E-state index contributed by atoms with van der Waals surface area (Å²) < 4.78 is 26.3. The molecule has 0 aromatic heterocycles. The second-order valence-corrected chi connectivity index (χ2v) is 4.87. The van der Waals surface area contributed by atoms with Gasteiger partial charge in [-0.3, -0.25) is 9.59 Å². The average molecular weight is 320 g/mol. The van der Waals surface area contributed by atoms with Crippen molar-refractivity contribution in [3.05, 3.63) is 28.2 Å². The normalized spacial score (nSPS) is 21.5. The molecule has 0 radical (unpaired) electrons. The lowest BCUT2D eigenvalue weighted by molar-refractivity contribution is -0.139. The van der Waals surface area contributed by atoms with E-state index in [0.29, 0.717) is 6.07 Å². The molecule has 2 N–H and O–H groups in total.